The third kappa shape index (κ3) is 6.92. The van der Waals surface area contributed by atoms with Crippen LogP contribution >= 0.6 is 0 Å². The number of fused-ring (bicyclic) bond motifs is 2. The summed E-state index contributed by atoms with van der Waals surface area (Å²) in [5.74, 6) is -0.156. The van der Waals surface area contributed by atoms with E-state index in [9.17, 15) is 19.5 Å². The van der Waals surface area contributed by atoms with E-state index < -0.39 is 18.2 Å². The maximum atomic E-state index is 13.8. The van der Waals surface area contributed by atoms with E-state index in [1.54, 1.807) is 42.0 Å². The summed E-state index contributed by atoms with van der Waals surface area (Å²) in [5, 5.41) is 20.5. The van der Waals surface area contributed by atoms with Crippen molar-refractivity contribution in [1.82, 2.24) is 9.80 Å². The molecule has 228 valence electrons. The Morgan fingerprint density at radius 2 is 1.68 bits per heavy atom. The first kappa shape index (κ1) is 30.4. The van der Waals surface area contributed by atoms with Crippen molar-refractivity contribution in [3.05, 3.63) is 96.6 Å². The van der Waals surface area contributed by atoms with Crippen LogP contribution in [0.3, 0.4) is 0 Å². The normalized spacial score (nSPS) is 17.0. The van der Waals surface area contributed by atoms with Crippen molar-refractivity contribution in [2.45, 2.75) is 26.0 Å². The van der Waals surface area contributed by atoms with Gasteiger partial charge in [-0.15, -0.1) is 0 Å². The first-order valence-corrected chi connectivity index (χ1v) is 14.6. The summed E-state index contributed by atoms with van der Waals surface area (Å²) < 4.78 is 6.40. The van der Waals surface area contributed by atoms with Gasteiger partial charge in [0, 0.05) is 36.3 Å². The van der Waals surface area contributed by atoms with Gasteiger partial charge in [0.15, 0.2) is 0 Å². The van der Waals surface area contributed by atoms with Crippen molar-refractivity contribution in [2.75, 3.05) is 42.7 Å². The molecule has 0 radical (unpaired) electrons. The zero-order chi connectivity index (χ0) is 31.2. The van der Waals surface area contributed by atoms with Gasteiger partial charge in [-0.3, -0.25) is 4.79 Å². The van der Waals surface area contributed by atoms with E-state index in [-0.39, 0.29) is 36.6 Å². The third-order valence-electron chi connectivity index (χ3n) is 7.79. The van der Waals surface area contributed by atoms with E-state index in [1.165, 1.54) is 0 Å². The number of rotatable bonds is 7. The molecule has 0 spiro atoms. The fraction of sp³-hybridized carbons (Fsp3) is 0.265. The van der Waals surface area contributed by atoms with Crippen molar-refractivity contribution in [1.29, 1.82) is 0 Å². The molecule has 5 rings (SSSR count). The molecule has 0 saturated heterocycles. The largest absolute Gasteiger partial charge is 0.487 e. The number of nitrogens with one attached hydrogen (secondary N) is 3. The first-order valence-electron chi connectivity index (χ1n) is 14.6. The van der Waals surface area contributed by atoms with Crippen molar-refractivity contribution in [3.8, 4) is 5.75 Å². The van der Waals surface area contributed by atoms with Gasteiger partial charge < -0.3 is 35.6 Å². The average molecular weight is 596 g/mol. The number of amides is 5. The number of carbonyl (C=O) groups excluding carboxylic acids is 3. The SMILES string of the molecule is C[C@@H]1CN([C@H](C)CO)C(=O)c2cc(NC(=O)Nc3cccc4ccccc34)ccc2O[C@H]1CN(C)C(=O)Nc1ccccc1. The highest BCUT2D eigenvalue weighted by atomic mass is 16.5. The molecule has 4 aromatic carbocycles. The molecule has 4 aromatic rings. The Morgan fingerprint density at radius 3 is 2.45 bits per heavy atom. The van der Waals surface area contributed by atoms with Gasteiger partial charge >= 0.3 is 12.1 Å². The van der Waals surface area contributed by atoms with Crippen LogP contribution in [-0.4, -0.2) is 71.8 Å². The molecule has 1 heterocycles. The smallest absolute Gasteiger partial charge is 0.323 e. The predicted molar refractivity (Wildman–Crippen MR) is 172 cm³/mol. The van der Waals surface area contributed by atoms with Crippen LogP contribution in [0.1, 0.15) is 24.2 Å². The van der Waals surface area contributed by atoms with E-state index in [0.717, 1.165) is 10.8 Å². The number of likely N-dealkylation sites (N-methyl/N-ethyl adjacent to an activating group) is 1. The number of anilines is 3. The van der Waals surface area contributed by atoms with Crippen LogP contribution in [0.15, 0.2) is 91.0 Å². The van der Waals surface area contributed by atoms with Crippen LogP contribution in [0.5, 0.6) is 5.75 Å². The topological polar surface area (TPSA) is 123 Å². The minimum Gasteiger partial charge on any atom is -0.487 e. The van der Waals surface area contributed by atoms with Gasteiger partial charge in [-0.05, 0) is 48.7 Å². The molecule has 1 aliphatic rings. The lowest BCUT2D eigenvalue weighted by molar-refractivity contribution is 0.0371. The Bertz CT molecular complexity index is 1640. The highest BCUT2D eigenvalue weighted by Crippen LogP contribution is 2.31. The van der Waals surface area contributed by atoms with Gasteiger partial charge in [0.25, 0.3) is 5.91 Å². The molecule has 0 bridgehead atoms. The van der Waals surface area contributed by atoms with Crippen LogP contribution in [0.4, 0.5) is 26.7 Å². The number of hydrogen-bond donors (Lipinski definition) is 4. The summed E-state index contributed by atoms with van der Waals surface area (Å²) in [7, 11) is 1.69. The van der Waals surface area contributed by atoms with Crippen molar-refractivity contribution in [3.63, 3.8) is 0 Å². The molecule has 3 atom stereocenters. The molecule has 0 saturated carbocycles. The Hall–Kier alpha value is -5.09. The Balaban J connectivity index is 1.36. The van der Waals surface area contributed by atoms with Gasteiger partial charge in [0.05, 0.1) is 30.4 Å². The van der Waals surface area contributed by atoms with Crippen molar-refractivity contribution >= 4 is 45.8 Å². The first-order chi connectivity index (χ1) is 21.2. The molecule has 0 aromatic heterocycles. The monoisotopic (exact) mass is 595 g/mol. The lowest BCUT2D eigenvalue weighted by Crippen LogP contribution is -2.50. The Kier molecular flexibility index (Phi) is 9.30. The minimum atomic E-state index is -0.463. The van der Waals surface area contributed by atoms with Gasteiger partial charge in [0.1, 0.15) is 11.9 Å². The predicted octanol–water partition coefficient (Wildman–Crippen LogP) is 5.87. The molecule has 4 N–H and O–H groups in total. The molecule has 0 fully saturated rings. The summed E-state index contributed by atoms with van der Waals surface area (Å²) in [6.45, 7) is 4.07. The van der Waals surface area contributed by atoms with Gasteiger partial charge in [0.2, 0.25) is 0 Å². The van der Waals surface area contributed by atoms with E-state index in [0.29, 0.717) is 29.4 Å². The molecular weight excluding hydrogens is 558 g/mol. The van der Waals surface area contributed by atoms with Crippen LogP contribution in [0.25, 0.3) is 10.8 Å². The lowest BCUT2D eigenvalue weighted by Gasteiger charge is -2.38. The van der Waals surface area contributed by atoms with Crippen LogP contribution in [-0.2, 0) is 0 Å². The molecule has 0 unspecified atom stereocenters. The molecule has 0 aliphatic carbocycles. The van der Waals surface area contributed by atoms with Crippen molar-refractivity contribution in [2.24, 2.45) is 5.92 Å². The summed E-state index contributed by atoms with van der Waals surface area (Å²) in [4.78, 5) is 42.9. The number of urea groups is 2. The molecule has 10 heteroatoms. The second kappa shape index (κ2) is 13.5. The highest BCUT2D eigenvalue weighted by Gasteiger charge is 2.34. The number of carbonyl (C=O) groups is 3. The number of hydrogen-bond acceptors (Lipinski definition) is 5. The summed E-state index contributed by atoms with van der Waals surface area (Å²) in [5.41, 5.74) is 1.99. The number of aliphatic hydroxyl groups excluding tert-OH is 1. The molecule has 44 heavy (non-hydrogen) atoms. The van der Waals surface area contributed by atoms with E-state index in [1.807, 2.05) is 79.7 Å². The molecule has 1 aliphatic heterocycles. The molecule has 10 nitrogen and oxygen atoms in total. The Labute approximate surface area is 256 Å². The zero-order valence-electron chi connectivity index (χ0n) is 25.0. The number of ether oxygens (including phenoxy) is 1. The summed E-state index contributed by atoms with van der Waals surface area (Å²) in [6, 6.07) is 26.3. The fourth-order valence-electron chi connectivity index (χ4n) is 5.23. The van der Waals surface area contributed by atoms with Gasteiger partial charge in [-0.25, -0.2) is 9.59 Å². The zero-order valence-corrected chi connectivity index (χ0v) is 25.0. The second-order valence-corrected chi connectivity index (χ2v) is 11.1. The standard InChI is InChI=1S/C34H37N5O5/c1-22-19-39(23(2)21-40)32(41)28-18-26(35-33(42)37-29-15-9-11-24-10-7-8-14-27(24)29)16-17-30(28)44-31(22)20-38(3)34(43)36-25-12-5-4-6-13-25/h4-18,22-23,31,40H,19-21H2,1-3H3,(H,36,43)(H2,35,37,42)/t22-,23-,31+/m1/s1. The fourth-order valence-corrected chi connectivity index (χ4v) is 5.23. The maximum Gasteiger partial charge on any atom is 0.323 e. The molecular formula is C34H37N5O5. The molecule has 5 amide bonds. The van der Waals surface area contributed by atoms with Crippen LogP contribution in [0, 0.1) is 5.92 Å². The van der Waals surface area contributed by atoms with Gasteiger partial charge in [-0.1, -0.05) is 61.5 Å². The second-order valence-electron chi connectivity index (χ2n) is 11.1. The minimum absolute atomic E-state index is 0.169. The highest BCUT2D eigenvalue weighted by molar-refractivity contribution is 6.07. The van der Waals surface area contributed by atoms with E-state index in [2.05, 4.69) is 16.0 Å². The summed E-state index contributed by atoms with van der Waals surface area (Å²) in [6.07, 6.45) is -0.463. The van der Waals surface area contributed by atoms with E-state index >= 15 is 0 Å². The number of nitrogens with zero attached hydrogens (tertiary/aromatic N) is 2. The number of benzene rings is 4. The van der Waals surface area contributed by atoms with Crippen LogP contribution < -0.4 is 20.7 Å². The average Bonchev–Trinajstić information content (AvgIpc) is 3.03. The Morgan fingerprint density at radius 1 is 0.955 bits per heavy atom. The van der Waals surface area contributed by atoms with Crippen LogP contribution in [0.2, 0.25) is 0 Å². The van der Waals surface area contributed by atoms with Crippen molar-refractivity contribution < 1.29 is 24.2 Å². The summed E-state index contributed by atoms with van der Waals surface area (Å²) >= 11 is 0. The maximum absolute atomic E-state index is 13.8. The van der Waals surface area contributed by atoms with Gasteiger partial charge in [-0.2, -0.15) is 0 Å². The lowest BCUT2D eigenvalue weighted by atomic mass is 9.99. The number of aliphatic hydroxyl groups is 1. The van der Waals surface area contributed by atoms with E-state index in [4.69, 9.17) is 4.74 Å². The third-order valence-corrected chi connectivity index (χ3v) is 7.79. The quantitative estimate of drug-likeness (QED) is 0.213. The number of para-hydroxylation sites is 1.